The monoisotopic (exact) mass is 371 g/mol. The molecule has 0 radical (unpaired) electrons. The first kappa shape index (κ1) is 21.1. The van der Waals surface area contributed by atoms with Crippen molar-refractivity contribution in [1.82, 2.24) is 4.31 Å². The summed E-state index contributed by atoms with van der Waals surface area (Å²) in [5, 5.41) is 1.32. The Morgan fingerprint density at radius 2 is 1.62 bits per heavy atom. The highest BCUT2D eigenvalue weighted by Gasteiger charge is 2.13. The van der Waals surface area contributed by atoms with E-state index in [1.807, 2.05) is 44.2 Å². The predicted molar refractivity (Wildman–Crippen MR) is 102 cm³/mol. The smallest absolute Gasteiger partial charge is 0.235 e. The molecule has 0 aliphatic carbocycles. The third kappa shape index (κ3) is 7.73. The average Bonchev–Trinajstić information content (AvgIpc) is 2.58. The van der Waals surface area contributed by atoms with Crippen LogP contribution < -0.4 is 0 Å². The Kier molecular flexibility index (Phi) is 10.1. The molecule has 6 heteroatoms. The van der Waals surface area contributed by atoms with Crippen LogP contribution in [0.3, 0.4) is 0 Å². The molecule has 1 rings (SSSR count). The lowest BCUT2D eigenvalue weighted by Crippen LogP contribution is -2.28. The molecular weight excluding hydrogens is 342 g/mol. The number of sulfonamides is 1. The molecule has 0 spiro atoms. The van der Waals surface area contributed by atoms with Gasteiger partial charge in [-0.15, -0.1) is 0 Å². The largest absolute Gasteiger partial charge is 0.254 e. The van der Waals surface area contributed by atoms with E-state index in [9.17, 15) is 12.6 Å². The highest BCUT2D eigenvalue weighted by atomic mass is 32.2. The molecule has 0 bridgehead atoms. The minimum Gasteiger partial charge on any atom is -0.254 e. The van der Waals surface area contributed by atoms with Crippen LogP contribution in [0, 0.1) is 0 Å². The molecule has 136 valence electrons. The van der Waals surface area contributed by atoms with Crippen LogP contribution in [0.25, 0.3) is 0 Å². The number of nitrogens with zero attached hydrogens (tertiary/aromatic N) is 1. The topological polar surface area (TPSA) is 54.5 Å². The summed E-state index contributed by atoms with van der Waals surface area (Å²) in [5.41, 5.74) is 0. The maximum absolute atomic E-state index is 12.0. The third-order valence-electron chi connectivity index (χ3n) is 3.79. The Labute approximate surface area is 149 Å². The van der Waals surface area contributed by atoms with Crippen LogP contribution in [0.2, 0.25) is 0 Å². The molecule has 0 saturated heterocycles. The van der Waals surface area contributed by atoms with Crippen LogP contribution in [0.5, 0.6) is 0 Å². The van der Waals surface area contributed by atoms with Crippen molar-refractivity contribution in [3.63, 3.8) is 0 Å². The minimum absolute atomic E-state index is 0.502. The molecule has 1 aromatic rings. The van der Waals surface area contributed by atoms with E-state index in [-0.39, 0.29) is 0 Å². The number of hydrogen-bond acceptors (Lipinski definition) is 3. The molecule has 0 aliphatic heterocycles. The van der Waals surface area contributed by atoms with Crippen LogP contribution in [0.1, 0.15) is 46.0 Å². The van der Waals surface area contributed by atoms with Crippen LogP contribution >= 0.6 is 0 Å². The van der Waals surface area contributed by atoms with Crippen LogP contribution in [0.15, 0.2) is 46.7 Å². The Morgan fingerprint density at radius 3 is 2.25 bits per heavy atom. The van der Waals surface area contributed by atoms with Gasteiger partial charge in [-0.05, 0) is 31.4 Å². The molecule has 0 N–H and O–H groups in total. The zero-order valence-electron chi connectivity index (χ0n) is 14.7. The van der Waals surface area contributed by atoms with E-state index < -0.39 is 20.8 Å². The van der Waals surface area contributed by atoms with Gasteiger partial charge < -0.3 is 0 Å². The van der Waals surface area contributed by atoms with Crippen LogP contribution in [-0.2, 0) is 20.8 Å². The Morgan fingerprint density at radius 1 is 1.00 bits per heavy atom. The fourth-order valence-corrected chi connectivity index (χ4v) is 4.83. The van der Waals surface area contributed by atoms with E-state index in [4.69, 9.17) is 0 Å². The van der Waals surface area contributed by atoms with Crippen LogP contribution in [0.4, 0.5) is 0 Å². The van der Waals surface area contributed by atoms with Crippen molar-refractivity contribution in [2.24, 2.45) is 0 Å². The van der Waals surface area contributed by atoms with Crippen molar-refractivity contribution in [2.45, 2.75) is 50.8 Å². The lowest BCUT2D eigenvalue weighted by atomic mass is 10.1. The van der Waals surface area contributed by atoms with Gasteiger partial charge in [0.1, 0.15) is 0 Å². The van der Waals surface area contributed by atoms with Crippen molar-refractivity contribution in [1.29, 1.82) is 0 Å². The molecule has 0 heterocycles. The molecule has 24 heavy (non-hydrogen) atoms. The summed E-state index contributed by atoms with van der Waals surface area (Å²) < 4.78 is 37.4. The summed E-state index contributed by atoms with van der Waals surface area (Å²) in [6, 6.07) is 9.54. The van der Waals surface area contributed by atoms with Gasteiger partial charge in [-0.25, -0.2) is 8.42 Å². The van der Waals surface area contributed by atoms with Gasteiger partial charge in [-0.1, -0.05) is 51.0 Å². The molecule has 0 aliphatic rings. The summed E-state index contributed by atoms with van der Waals surface area (Å²) in [6.45, 7) is 4.69. The first-order chi connectivity index (χ1) is 11.5. The van der Waals surface area contributed by atoms with Gasteiger partial charge in [0.2, 0.25) is 10.0 Å². The van der Waals surface area contributed by atoms with E-state index in [0.29, 0.717) is 18.8 Å². The average molecular weight is 372 g/mol. The van der Waals surface area contributed by atoms with E-state index >= 15 is 0 Å². The van der Waals surface area contributed by atoms with Gasteiger partial charge in [0.05, 0.1) is 10.8 Å². The van der Waals surface area contributed by atoms with Crippen molar-refractivity contribution < 1.29 is 12.6 Å². The summed E-state index contributed by atoms with van der Waals surface area (Å²) >= 11 is 0. The number of rotatable bonds is 12. The van der Waals surface area contributed by atoms with Gasteiger partial charge in [0, 0.05) is 29.1 Å². The Bertz CT molecular complexity index is 608. The molecule has 4 nitrogen and oxygen atoms in total. The van der Waals surface area contributed by atoms with Gasteiger partial charge in [0.15, 0.2) is 0 Å². The highest BCUT2D eigenvalue weighted by molar-refractivity contribution is 7.92. The van der Waals surface area contributed by atoms with Gasteiger partial charge in [0.25, 0.3) is 0 Å². The summed E-state index contributed by atoms with van der Waals surface area (Å²) in [6.07, 6.45) is 6.46. The quantitative estimate of drug-likeness (QED) is 0.523. The van der Waals surface area contributed by atoms with Gasteiger partial charge in [-0.3, -0.25) is 4.21 Å². The normalized spacial score (nSPS) is 13.6. The van der Waals surface area contributed by atoms with E-state index in [1.165, 1.54) is 9.71 Å². The first-order valence-corrected chi connectivity index (χ1v) is 11.4. The molecule has 0 saturated carbocycles. The minimum atomic E-state index is -3.25. The Balaban J connectivity index is 2.16. The van der Waals surface area contributed by atoms with Crippen LogP contribution in [-0.4, -0.2) is 35.8 Å². The lowest BCUT2D eigenvalue weighted by Gasteiger charge is -2.15. The summed E-state index contributed by atoms with van der Waals surface area (Å²) in [7, 11) is -4.16. The fourth-order valence-electron chi connectivity index (χ4n) is 2.40. The second-order valence-electron chi connectivity index (χ2n) is 5.57. The predicted octanol–water partition coefficient (Wildman–Crippen LogP) is 3.93. The summed E-state index contributed by atoms with van der Waals surface area (Å²) in [5.74, 6) is 0.691. The molecule has 0 fully saturated rings. The van der Waals surface area contributed by atoms with Crippen molar-refractivity contribution in [3.05, 3.63) is 41.8 Å². The standard InChI is InChI=1S/C18H29NO3S2/c1-3-19(4-2)24(21,22)17-13-8-6-5-7-12-16-23(20)18-14-10-9-11-15-18/h9-11,13-15,17H,3-8,12,16H2,1-2H3/b17-13+. The summed E-state index contributed by atoms with van der Waals surface area (Å²) in [4.78, 5) is 0.891. The third-order valence-corrected chi connectivity index (χ3v) is 7.02. The fraction of sp³-hybridized carbons (Fsp3) is 0.556. The molecule has 1 atom stereocenters. The zero-order valence-corrected chi connectivity index (χ0v) is 16.3. The molecular formula is C18H29NO3S2. The molecule has 1 aromatic carbocycles. The molecule has 1 unspecified atom stereocenters. The Hall–Kier alpha value is -0.980. The van der Waals surface area contributed by atoms with Crippen molar-refractivity contribution >= 4 is 20.8 Å². The second kappa shape index (κ2) is 11.6. The maximum atomic E-state index is 12.0. The highest BCUT2D eigenvalue weighted by Crippen LogP contribution is 2.10. The number of hydrogen-bond donors (Lipinski definition) is 0. The lowest BCUT2D eigenvalue weighted by molar-refractivity contribution is 0.452. The van der Waals surface area contributed by atoms with E-state index in [2.05, 4.69) is 0 Å². The number of unbranched alkanes of at least 4 members (excludes halogenated alkanes) is 4. The van der Waals surface area contributed by atoms with Crippen molar-refractivity contribution in [3.8, 4) is 0 Å². The number of benzene rings is 1. The van der Waals surface area contributed by atoms with Gasteiger partial charge >= 0.3 is 0 Å². The second-order valence-corrected chi connectivity index (χ2v) is 8.96. The van der Waals surface area contributed by atoms with E-state index in [0.717, 1.165) is 37.0 Å². The molecule has 0 aromatic heterocycles. The SMILES string of the molecule is CCN(CC)S(=O)(=O)/C=C/CCCCCCS(=O)c1ccccc1. The number of allylic oxidation sites excluding steroid dienone is 1. The van der Waals surface area contributed by atoms with E-state index in [1.54, 1.807) is 6.08 Å². The molecule has 0 amide bonds. The van der Waals surface area contributed by atoms with Crippen molar-refractivity contribution in [2.75, 3.05) is 18.8 Å². The first-order valence-electron chi connectivity index (χ1n) is 8.61. The zero-order chi connectivity index (χ0) is 17.8. The maximum Gasteiger partial charge on any atom is 0.235 e. The van der Waals surface area contributed by atoms with Gasteiger partial charge in [-0.2, -0.15) is 4.31 Å².